The van der Waals surface area contributed by atoms with Crippen molar-refractivity contribution in [2.45, 2.75) is 0 Å². The molecule has 0 aromatic rings. The molecule has 5 heteroatoms. The fourth-order valence-electron chi connectivity index (χ4n) is 1.01. The van der Waals surface area contributed by atoms with Crippen LogP contribution in [-0.4, -0.2) is 24.2 Å². The highest BCUT2D eigenvalue weighted by Gasteiger charge is 2.23. The van der Waals surface area contributed by atoms with E-state index < -0.39 is 11.9 Å². The van der Waals surface area contributed by atoms with Gasteiger partial charge in [-0.05, 0) is 5.57 Å². The van der Waals surface area contributed by atoms with Gasteiger partial charge in [0.15, 0.2) is 0 Å². The molecule has 1 aliphatic rings. The molecule has 74 valence electrons. The number of carboxylic acids is 1. The smallest absolute Gasteiger partial charge is 0.339 e. The summed E-state index contributed by atoms with van der Waals surface area (Å²) in [5, 5.41) is 11.3. The van der Waals surface area contributed by atoms with Crippen LogP contribution >= 0.6 is 0 Å². The van der Waals surface area contributed by atoms with E-state index in [0.717, 1.165) is 0 Å². The lowest BCUT2D eigenvalue weighted by Crippen LogP contribution is -2.19. The van der Waals surface area contributed by atoms with Gasteiger partial charge in [-0.25, -0.2) is 9.59 Å². The maximum Gasteiger partial charge on any atom is 0.339 e. The number of dihydropyridines is 1. The van der Waals surface area contributed by atoms with Crippen LogP contribution in [0.5, 0.6) is 0 Å². The Morgan fingerprint density at radius 2 is 2.00 bits per heavy atom. The number of aliphatic carboxylic acids is 1. The van der Waals surface area contributed by atoms with E-state index in [1.165, 1.54) is 19.5 Å². The highest BCUT2D eigenvalue weighted by molar-refractivity contribution is 6.02. The van der Waals surface area contributed by atoms with Gasteiger partial charge < -0.3 is 15.2 Å². The van der Waals surface area contributed by atoms with Crippen LogP contribution in [0.3, 0.4) is 0 Å². The van der Waals surface area contributed by atoms with Gasteiger partial charge in [0.25, 0.3) is 0 Å². The van der Waals surface area contributed by atoms with Crippen LogP contribution in [0.15, 0.2) is 35.7 Å². The molecule has 0 aromatic heterocycles. The van der Waals surface area contributed by atoms with Gasteiger partial charge in [0.1, 0.15) is 0 Å². The topological polar surface area (TPSA) is 75.6 Å². The number of ether oxygens (including phenoxy) is 1. The Morgan fingerprint density at radius 1 is 1.43 bits per heavy atom. The van der Waals surface area contributed by atoms with Crippen molar-refractivity contribution in [3.8, 4) is 0 Å². The molecule has 0 fully saturated rings. The van der Waals surface area contributed by atoms with Crippen LogP contribution in [-0.2, 0) is 14.3 Å². The average molecular weight is 195 g/mol. The molecule has 1 heterocycles. The van der Waals surface area contributed by atoms with E-state index in [1.807, 2.05) is 0 Å². The quantitative estimate of drug-likeness (QED) is 0.614. The Balaban J connectivity index is 2.96. The lowest BCUT2D eigenvalue weighted by Gasteiger charge is -2.13. The summed E-state index contributed by atoms with van der Waals surface area (Å²) < 4.78 is 4.46. The minimum Gasteiger partial charge on any atom is -0.478 e. The molecular weight excluding hydrogens is 186 g/mol. The minimum atomic E-state index is -1.14. The molecule has 0 unspecified atom stereocenters. The minimum absolute atomic E-state index is 0.0482. The number of carboxylic acid groups (broad SMARTS) is 1. The van der Waals surface area contributed by atoms with Crippen molar-refractivity contribution < 1.29 is 19.4 Å². The van der Waals surface area contributed by atoms with Gasteiger partial charge in [0.05, 0.1) is 18.3 Å². The number of carbonyl (C=O) groups excluding carboxylic acids is 1. The first-order valence-electron chi connectivity index (χ1n) is 3.75. The molecule has 1 rings (SSSR count). The molecular formula is C9H9NO4. The monoisotopic (exact) mass is 195 g/mol. The molecule has 0 aromatic carbocycles. The Morgan fingerprint density at radius 3 is 2.50 bits per heavy atom. The van der Waals surface area contributed by atoms with E-state index in [1.54, 1.807) is 0 Å². The van der Waals surface area contributed by atoms with Crippen LogP contribution in [0.4, 0.5) is 0 Å². The number of rotatable bonds is 2. The zero-order chi connectivity index (χ0) is 10.7. The predicted molar refractivity (Wildman–Crippen MR) is 48.1 cm³/mol. The second-order valence-electron chi connectivity index (χ2n) is 2.56. The van der Waals surface area contributed by atoms with E-state index >= 15 is 0 Å². The van der Waals surface area contributed by atoms with Gasteiger partial charge in [-0.3, -0.25) is 0 Å². The molecule has 14 heavy (non-hydrogen) atoms. The van der Waals surface area contributed by atoms with Gasteiger partial charge in [0, 0.05) is 12.4 Å². The SMILES string of the molecule is C=C1C(C(=O)O)=CNC=C1C(=O)OC. The number of hydrogen-bond acceptors (Lipinski definition) is 4. The summed E-state index contributed by atoms with van der Waals surface area (Å²) in [4.78, 5) is 21.8. The fraction of sp³-hybridized carbons (Fsp3) is 0.111. The van der Waals surface area contributed by atoms with Crippen molar-refractivity contribution in [3.63, 3.8) is 0 Å². The first-order chi connectivity index (χ1) is 6.57. The molecule has 0 aliphatic carbocycles. The third-order valence-electron chi connectivity index (χ3n) is 1.74. The molecule has 2 N–H and O–H groups in total. The number of nitrogens with one attached hydrogen (secondary N) is 1. The van der Waals surface area contributed by atoms with Gasteiger partial charge in [-0.2, -0.15) is 0 Å². The van der Waals surface area contributed by atoms with E-state index in [2.05, 4.69) is 16.6 Å². The Bertz CT molecular complexity index is 365. The van der Waals surface area contributed by atoms with Gasteiger partial charge >= 0.3 is 11.9 Å². The maximum absolute atomic E-state index is 11.1. The number of esters is 1. The number of methoxy groups -OCH3 is 1. The van der Waals surface area contributed by atoms with E-state index in [9.17, 15) is 9.59 Å². The second kappa shape index (κ2) is 3.78. The van der Waals surface area contributed by atoms with Crippen molar-refractivity contribution in [3.05, 3.63) is 35.7 Å². The fourth-order valence-corrected chi connectivity index (χ4v) is 1.01. The van der Waals surface area contributed by atoms with Gasteiger partial charge in [-0.15, -0.1) is 0 Å². The summed E-state index contributed by atoms with van der Waals surface area (Å²) >= 11 is 0. The normalized spacial score (nSPS) is 15.1. The first-order valence-corrected chi connectivity index (χ1v) is 3.75. The summed E-state index contributed by atoms with van der Waals surface area (Å²) in [5.74, 6) is -1.76. The highest BCUT2D eigenvalue weighted by atomic mass is 16.5. The predicted octanol–water partition coefficient (Wildman–Crippen LogP) is 0.171. The lowest BCUT2D eigenvalue weighted by molar-refractivity contribution is -0.135. The summed E-state index contributed by atoms with van der Waals surface area (Å²) in [6.45, 7) is 3.51. The molecule has 0 amide bonds. The molecule has 0 radical (unpaired) electrons. The zero-order valence-electron chi connectivity index (χ0n) is 7.53. The molecule has 0 saturated carbocycles. The molecule has 0 spiro atoms. The van der Waals surface area contributed by atoms with E-state index in [4.69, 9.17) is 5.11 Å². The Hall–Kier alpha value is -2.04. The molecule has 0 saturated heterocycles. The number of hydrogen-bond donors (Lipinski definition) is 2. The van der Waals surface area contributed by atoms with E-state index in [-0.39, 0.29) is 16.7 Å². The van der Waals surface area contributed by atoms with E-state index in [0.29, 0.717) is 0 Å². The maximum atomic E-state index is 11.1. The van der Waals surface area contributed by atoms with Gasteiger partial charge in [0.2, 0.25) is 0 Å². The molecule has 5 nitrogen and oxygen atoms in total. The highest BCUT2D eigenvalue weighted by Crippen LogP contribution is 2.20. The third kappa shape index (κ3) is 1.66. The van der Waals surface area contributed by atoms with Crippen LogP contribution in [0.1, 0.15) is 0 Å². The number of carbonyl (C=O) groups is 2. The summed E-state index contributed by atoms with van der Waals surface area (Å²) in [5.41, 5.74) is 0.211. The van der Waals surface area contributed by atoms with Crippen molar-refractivity contribution in [2.75, 3.05) is 7.11 Å². The third-order valence-corrected chi connectivity index (χ3v) is 1.74. The average Bonchev–Trinajstić information content (AvgIpc) is 2.16. The van der Waals surface area contributed by atoms with Crippen LogP contribution in [0.2, 0.25) is 0 Å². The van der Waals surface area contributed by atoms with Crippen molar-refractivity contribution >= 4 is 11.9 Å². The second-order valence-corrected chi connectivity index (χ2v) is 2.56. The van der Waals surface area contributed by atoms with Crippen molar-refractivity contribution in [1.29, 1.82) is 0 Å². The van der Waals surface area contributed by atoms with Crippen LogP contribution < -0.4 is 5.32 Å². The summed E-state index contributed by atoms with van der Waals surface area (Å²) in [6, 6.07) is 0. The van der Waals surface area contributed by atoms with Crippen molar-refractivity contribution in [2.24, 2.45) is 0 Å². The zero-order valence-corrected chi connectivity index (χ0v) is 7.53. The first kappa shape index (κ1) is 10.0. The van der Waals surface area contributed by atoms with Crippen LogP contribution in [0, 0.1) is 0 Å². The van der Waals surface area contributed by atoms with Gasteiger partial charge in [-0.1, -0.05) is 6.58 Å². The molecule has 0 atom stereocenters. The summed E-state index contributed by atoms with van der Waals surface area (Å²) in [6.07, 6.45) is 2.61. The molecule has 1 aliphatic heterocycles. The summed E-state index contributed by atoms with van der Waals surface area (Å²) in [7, 11) is 1.22. The lowest BCUT2D eigenvalue weighted by atomic mass is 9.99. The standard InChI is InChI=1S/C9H9NO4/c1-5-6(8(11)12)3-10-4-7(5)9(13)14-2/h3-4,10H,1H2,2H3,(H,11,12). The Labute approximate surface area is 80.4 Å². The largest absolute Gasteiger partial charge is 0.478 e. The van der Waals surface area contributed by atoms with Crippen molar-refractivity contribution in [1.82, 2.24) is 5.32 Å². The van der Waals surface area contributed by atoms with Crippen LogP contribution in [0.25, 0.3) is 0 Å². The molecule has 0 bridgehead atoms. The Kier molecular flexibility index (Phi) is 2.71.